The van der Waals surface area contributed by atoms with E-state index in [9.17, 15) is 18.3 Å². The molecule has 0 heterocycles. The standard InChI is InChI=1S/C16H16F3NO2/c17-16(18,19)12-5-4-6-13(9-12)20-10-14(21)11-22-15-7-2-1-3-8-15/h1-9,14,20-21H,10-11H2. The van der Waals surface area contributed by atoms with Gasteiger partial charge in [-0.15, -0.1) is 0 Å². The fourth-order valence-corrected chi connectivity index (χ4v) is 1.81. The van der Waals surface area contributed by atoms with Crippen LogP contribution in [0.4, 0.5) is 18.9 Å². The molecular formula is C16H16F3NO2. The van der Waals surface area contributed by atoms with Gasteiger partial charge in [-0.2, -0.15) is 13.2 Å². The number of alkyl halides is 3. The number of aliphatic hydroxyl groups excluding tert-OH is 1. The molecule has 0 bridgehead atoms. The lowest BCUT2D eigenvalue weighted by molar-refractivity contribution is -0.137. The highest BCUT2D eigenvalue weighted by molar-refractivity contribution is 5.46. The van der Waals surface area contributed by atoms with Crippen molar-refractivity contribution in [3.63, 3.8) is 0 Å². The van der Waals surface area contributed by atoms with E-state index in [1.807, 2.05) is 18.2 Å². The van der Waals surface area contributed by atoms with Gasteiger partial charge in [-0.3, -0.25) is 0 Å². The minimum Gasteiger partial charge on any atom is -0.491 e. The summed E-state index contributed by atoms with van der Waals surface area (Å²) in [7, 11) is 0. The van der Waals surface area contributed by atoms with E-state index in [2.05, 4.69) is 5.32 Å². The van der Waals surface area contributed by atoms with Crippen LogP contribution in [0.15, 0.2) is 54.6 Å². The molecular weight excluding hydrogens is 295 g/mol. The predicted octanol–water partition coefficient (Wildman–Crippen LogP) is 3.56. The van der Waals surface area contributed by atoms with Gasteiger partial charge < -0.3 is 15.2 Å². The average Bonchev–Trinajstić information content (AvgIpc) is 2.51. The van der Waals surface area contributed by atoms with Crippen molar-refractivity contribution in [1.29, 1.82) is 0 Å². The molecule has 0 radical (unpaired) electrons. The molecule has 22 heavy (non-hydrogen) atoms. The fourth-order valence-electron chi connectivity index (χ4n) is 1.81. The first-order valence-corrected chi connectivity index (χ1v) is 6.72. The van der Waals surface area contributed by atoms with Crippen molar-refractivity contribution in [2.24, 2.45) is 0 Å². The van der Waals surface area contributed by atoms with E-state index in [1.165, 1.54) is 12.1 Å². The highest BCUT2D eigenvalue weighted by atomic mass is 19.4. The Bertz CT molecular complexity index is 587. The molecule has 0 aliphatic rings. The molecule has 6 heteroatoms. The third-order valence-corrected chi connectivity index (χ3v) is 2.92. The van der Waals surface area contributed by atoms with Crippen molar-refractivity contribution in [2.45, 2.75) is 12.3 Å². The van der Waals surface area contributed by atoms with Crippen molar-refractivity contribution in [3.05, 3.63) is 60.2 Å². The predicted molar refractivity (Wildman–Crippen MR) is 77.9 cm³/mol. The summed E-state index contributed by atoms with van der Waals surface area (Å²) in [4.78, 5) is 0. The van der Waals surface area contributed by atoms with Gasteiger partial charge >= 0.3 is 6.18 Å². The van der Waals surface area contributed by atoms with Crippen LogP contribution < -0.4 is 10.1 Å². The highest BCUT2D eigenvalue weighted by Crippen LogP contribution is 2.30. The highest BCUT2D eigenvalue weighted by Gasteiger charge is 2.30. The monoisotopic (exact) mass is 311 g/mol. The molecule has 2 aromatic carbocycles. The molecule has 0 aliphatic carbocycles. The van der Waals surface area contributed by atoms with Gasteiger partial charge in [0.1, 0.15) is 18.5 Å². The zero-order valence-corrected chi connectivity index (χ0v) is 11.7. The second kappa shape index (κ2) is 7.17. The largest absolute Gasteiger partial charge is 0.491 e. The molecule has 2 rings (SSSR count). The number of benzene rings is 2. The van der Waals surface area contributed by atoms with Crippen molar-refractivity contribution in [2.75, 3.05) is 18.5 Å². The van der Waals surface area contributed by atoms with Crippen LogP contribution in [0.25, 0.3) is 0 Å². The van der Waals surface area contributed by atoms with E-state index >= 15 is 0 Å². The quantitative estimate of drug-likeness (QED) is 0.857. The molecule has 2 aromatic rings. The van der Waals surface area contributed by atoms with Gasteiger partial charge in [0.2, 0.25) is 0 Å². The van der Waals surface area contributed by atoms with Crippen LogP contribution in [0.1, 0.15) is 5.56 Å². The third kappa shape index (κ3) is 4.96. The van der Waals surface area contributed by atoms with Crippen LogP contribution in [-0.2, 0) is 6.18 Å². The molecule has 1 unspecified atom stereocenters. The van der Waals surface area contributed by atoms with Crippen molar-refractivity contribution < 1.29 is 23.0 Å². The number of nitrogens with one attached hydrogen (secondary N) is 1. The van der Waals surface area contributed by atoms with Crippen molar-refractivity contribution in [1.82, 2.24) is 0 Å². The van der Waals surface area contributed by atoms with Crippen molar-refractivity contribution >= 4 is 5.69 Å². The van der Waals surface area contributed by atoms with Gasteiger partial charge in [0, 0.05) is 12.2 Å². The maximum absolute atomic E-state index is 12.6. The summed E-state index contributed by atoms with van der Waals surface area (Å²) in [6, 6.07) is 13.8. The van der Waals surface area contributed by atoms with Crippen molar-refractivity contribution in [3.8, 4) is 5.75 Å². The average molecular weight is 311 g/mol. The molecule has 0 aliphatic heterocycles. The Morgan fingerprint density at radius 2 is 1.77 bits per heavy atom. The molecule has 0 fully saturated rings. The molecule has 0 amide bonds. The second-order valence-electron chi connectivity index (χ2n) is 4.74. The topological polar surface area (TPSA) is 41.5 Å². The molecule has 118 valence electrons. The van der Waals surface area contributed by atoms with E-state index in [4.69, 9.17) is 4.74 Å². The SMILES string of the molecule is OC(CNc1cccc(C(F)(F)F)c1)COc1ccccc1. The van der Waals surface area contributed by atoms with Gasteiger partial charge in [-0.05, 0) is 30.3 Å². The Balaban J connectivity index is 1.82. The van der Waals surface area contributed by atoms with Crippen LogP contribution in [-0.4, -0.2) is 24.4 Å². The lowest BCUT2D eigenvalue weighted by atomic mass is 10.2. The van der Waals surface area contributed by atoms with E-state index in [0.29, 0.717) is 11.4 Å². The molecule has 0 aromatic heterocycles. The Hall–Kier alpha value is -2.21. The number of rotatable bonds is 6. The zero-order valence-electron chi connectivity index (χ0n) is 11.7. The molecule has 2 N–H and O–H groups in total. The maximum atomic E-state index is 12.6. The van der Waals surface area contributed by atoms with E-state index in [0.717, 1.165) is 12.1 Å². The summed E-state index contributed by atoms with van der Waals surface area (Å²) in [6.45, 7) is 0.143. The van der Waals surface area contributed by atoms with E-state index < -0.39 is 17.8 Å². The van der Waals surface area contributed by atoms with Gasteiger partial charge in [-0.1, -0.05) is 24.3 Å². The maximum Gasteiger partial charge on any atom is 0.416 e. The van der Waals surface area contributed by atoms with Gasteiger partial charge in [0.25, 0.3) is 0 Å². The smallest absolute Gasteiger partial charge is 0.416 e. The number of anilines is 1. The fraction of sp³-hybridized carbons (Fsp3) is 0.250. The molecule has 0 saturated carbocycles. The summed E-state index contributed by atoms with van der Waals surface area (Å²) in [5.41, 5.74) is -0.430. The number of hydrogen-bond donors (Lipinski definition) is 2. The molecule has 0 saturated heterocycles. The first-order valence-electron chi connectivity index (χ1n) is 6.72. The summed E-state index contributed by atoms with van der Waals surface area (Å²) in [6.07, 6.45) is -5.22. The Morgan fingerprint density at radius 3 is 2.45 bits per heavy atom. The van der Waals surface area contributed by atoms with E-state index in [-0.39, 0.29) is 13.2 Å². The zero-order chi connectivity index (χ0) is 16.0. The molecule has 3 nitrogen and oxygen atoms in total. The number of hydrogen-bond acceptors (Lipinski definition) is 3. The number of aliphatic hydroxyl groups is 1. The summed E-state index contributed by atoms with van der Waals surface area (Å²) in [5.74, 6) is 0.626. The normalized spacial score (nSPS) is 12.7. The Labute approximate surface area is 126 Å². The minimum atomic E-state index is -4.38. The number of para-hydroxylation sites is 1. The van der Waals surface area contributed by atoms with Crippen LogP contribution >= 0.6 is 0 Å². The summed E-state index contributed by atoms with van der Waals surface area (Å²) < 4.78 is 43.1. The Kier molecular flexibility index (Phi) is 5.27. The third-order valence-electron chi connectivity index (χ3n) is 2.92. The number of ether oxygens (including phenoxy) is 1. The van der Waals surface area contributed by atoms with Crippen LogP contribution in [0.5, 0.6) is 5.75 Å². The second-order valence-corrected chi connectivity index (χ2v) is 4.74. The summed E-state index contributed by atoms with van der Waals surface area (Å²) >= 11 is 0. The first-order chi connectivity index (χ1) is 10.4. The van der Waals surface area contributed by atoms with Crippen LogP contribution in [0, 0.1) is 0 Å². The lowest BCUT2D eigenvalue weighted by Crippen LogP contribution is -2.26. The van der Waals surface area contributed by atoms with Crippen LogP contribution in [0.2, 0.25) is 0 Å². The molecule has 0 spiro atoms. The van der Waals surface area contributed by atoms with Gasteiger partial charge in [0.15, 0.2) is 0 Å². The van der Waals surface area contributed by atoms with Gasteiger partial charge in [0.05, 0.1) is 5.56 Å². The number of halogens is 3. The first kappa shape index (κ1) is 16.2. The molecule has 1 atom stereocenters. The van der Waals surface area contributed by atoms with E-state index in [1.54, 1.807) is 12.1 Å². The lowest BCUT2D eigenvalue weighted by Gasteiger charge is -2.15. The summed E-state index contributed by atoms with van der Waals surface area (Å²) in [5, 5.41) is 12.6. The van der Waals surface area contributed by atoms with Gasteiger partial charge in [-0.25, -0.2) is 0 Å². The minimum absolute atomic E-state index is 0.0516. The van der Waals surface area contributed by atoms with Crippen LogP contribution in [0.3, 0.4) is 0 Å². The Morgan fingerprint density at radius 1 is 1.05 bits per heavy atom.